The fourth-order valence-electron chi connectivity index (χ4n) is 3.40. The molecule has 174 valence electrons. The van der Waals surface area contributed by atoms with Gasteiger partial charge in [-0.15, -0.1) is 0 Å². The maximum Gasteiger partial charge on any atom is 0.339 e. The number of ether oxygens (including phenoxy) is 2. The second-order valence-corrected chi connectivity index (χ2v) is 7.93. The second-order valence-electron chi connectivity index (χ2n) is 7.93. The molecule has 0 aliphatic carbocycles. The fraction of sp³-hybridized carbons (Fsp3) is 0.640. The topological polar surface area (TPSA) is 89.9 Å². The maximum absolute atomic E-state index is 12.6. The van der Waals surface area contributed by atoms with Crippen molar-refractivity contribution in [3.63, 3.8) is 0 Å². The molecule has 0 radical (unpaired) electrons. The van der Waals surface area contributed by atoms with Crippen LogP contribution in [0.3, 0.4) is 0 Å². The fourth-order valence-corrected chi connectivity index (χ4v) is 3.40. The van der Waals surface area contributed by atoms with Crippen LogP contribution in [0.1, 0.15) is 123 Å². The van der Waals surface area contributed by atoms with E-state index in [2.05, 4.69) is 13.8 Å². The van der Waals surface area contributed by atoms with Gasteiger partial charge in [0.2, 0.25) is 0 Å². The van der Waals surface area contributed by atoms with Crippen molar-refractivity contribution >= 4 is 17.9 Å². The Morgan fingerprint density at radius 3 is 1.74 bits per heavy atom. The lowest BCUT2D eigenvalue weighted by Crippen LogP contribution is -2.21. The van der Waals surface area contributed by atoms with E-state index < -0.39 is 17.9 Å². The monoisotopic (exact) mass is 434 g/mol. The first-order valence-corrected chi connectivity index (χ1v) is 11.7. The number of esters is 2. The molecule has 6 heteroatoms. The molecule has 0 aliphatic rings. The molecule has 0 spiro atoms. The number of unbranched alkanes of at least 4 members (excludes halogenated alkanes) is 4. The molecule has 0 saturated carbocycles. The number of carboxylic acids is 1. The van der Waals surface area contributed by atoms with E-state index in [1.807, 2.05) is 13.8 Å². The number of benzene rings is 1. The molecule has 0 aromatic heterocycles. The number of carboxylic acid groups (broad SMARTS) is 1. The second kappa shape index (κ2) is 14.6. The predicted octanol–water partition coefficient (Wildman–Crippen LogP) is 6.42. The first-order chi connectivity index (χ1) is 14.9. The van der Waals surface area contributed by atoms with E-state index in [4.69, 9.17) is 9.47 Å². The Morgan fingerprint density at radius 2 is 1.29 bits per heavy atom. The molecule has 0 saturated heterocycles. The molecule has 1 N–H and O–H groups in total. The van der Waals surface area contributed by atoms with Crippen molar-refractivity contribution in [3.05, 3.63) is 34.9 Å². The lowest BCUT2D eigenvalue weighted by molar-refractivity contribution is 0.0250. The highest BCUT2D eigenvalue weighted by molar-refractivity contribution is 6.04. The summed E-state index contributed by atoms with van der Waals surface area (Å²) in [7, 11) is 0. The van der Waals surface area contributed by atoms with Gasteiger partial charge in [-0.3, -0.25) is 0 Å². The van der Waals surface area contributed by atoms with Crippen molar-refractivity contribution in [1.82, 2.24) is 0 Å². The van der Waals surface area contributed by atoms with Gasteiger partial charge in [0.05, 0.1) is 16.7 Å². The third kappa shape index (κ3) is 9.11. The number of rotatable bonds is 15. The summed E-state index contributed by atoms with van der Waals surface area (Å²) in [6.45, 7) is 8.11. The Bertz CT molecular complexity index is 712. The molecule has 1 aromatic carbocycles. The van der Waals surface area contributed by atoms with E-state index >= 15 is 0 Å². The van der Waals surface area contributed by atoms with Crippen LogP contribution in [0.15, 0.2) is 18.2 Å². The van der Waals surface area contributed by atoms with Crippen LogP contribution in [0.4, 0.5) is 0 Å². The Balaban J connectivity index is 2.92. The molecule has 2 atom stereocenters. The zero-order valence-electron chi connectivity index (χ0n) is 19.4. The van der Waals surface area contributed by atoms with Gasteiger partial charge in [-0.2, -0.15) is 0 Å². The van der Waals surface area contributed by atoms with Gasteiger partial charge in [-0.05, 0) is 56.7 Å². The zero-order valence-corrected chi connectivity index (χ0v) is 19.4. The van der Waals surface area contributed by atoms with Crippen molar-refractivity contribution in [3.8, 4) is 0 Å². The van der Waals surface area contributed by atoms with E-state index in [0.717, 1.165) is 51.4 Å². The number of carbonyl (C=O) groups is 3. The minimum absolute atomic E-state index is 0.0482. The predicted molar refractivity (Wildman–Crippen MR) is 121 cm³/mol. The van der Waals surface area contributed by atoms with Crippen LogP contribution in [0.25, 0.3) is 0 Å². The quantitative estimate of drug-likeness (QED) is 0.253. The summed E-state index contributed by atoms with van der Waals surface area (Å²) < 4.78 is 11.1. The van der Waals surface area contributed by atoms with Crippen LogP contribution in [0, 0.1) is 0 Å². The van der Waals surface area contributed by atoms with Crippen LogP contribution < -0.4 is 0 Å². The van der Waals surface area contributed by atoms with Gasteiger partial charge in [-0.1, -0.05) is 53.4 Å². The van der Waals surface area contributed by atoms with E-state index in [1.165, 1.54) is 18.2 Å². The van der Waals surface area contributed by atoms with Gasteiger partial charge in [0.25, 0.3) is 0 Å². The third-order valence-corrected chi connectivity index (χ3v) is 5.42. The van der Waals surface area contributed by atoms with E-state index in [-0.39, 0.29) is 28.9 Å². The molecule has 0 fully saturated rings. The van der Waals surface area contributed by atoms with Crippen LogP contribution in [0.5, 0.6) is 0 Å². The molecular weight excluding hydrogens is 396 g/mol. The van der Waals surface area contributed by atoms with Crippen LogP contribution in [0.2, 0.25) is 0 Å². The summed E-state index contributed by atoms with van der Waals surface area (Å²) in [6, 6.07) is 3.99. The highest BCUT2D eigenvalue weighted by Crippen LogP contribution is 2.19. The standard InChI is InChI=1S/C25H38O6/c1-5-9-11-13-19(7-3)30-24(28)18-15-16-21(22(17-18)23(26)27)25(29)31-20(8-4)14-12-10-6-2/h15-17,19-20H,5-14H2,1-4H3,(H,26,27). The van der Waals surface area contributed by atoms with E-state index in [1.54, 1.807) is 0 Å². The number of aromatic carboxylic acids is 1. The number of hydrogen-bond acceptors (Lipinski definition) is 5. The molecule has 6 nitrogen and oxygen atoms in total. The largest absolute Gasteiger partial charge is 0.478 e. The lowest BCUT2D eigenvalue weighted by Gasteiger charge is -2.18. The van der Waals surface area contributed by atoms with Crippen molar-refractivity contribution < 1.29 is 29.0 Å². The van der Waals surface area contributed by atoms with Gasteiger partial charge in [-0.25, -0.2) is 14.4 Å². The Labute approximate surface area is 186 Å². The zero-order chi connectivity index (χ0) is 23.2. The average Bonchev–Trinajstić information content (AvgIpc) is 2.77. The summed E-state index contributed by atoms with van der Waals surface area (Å²) in [5.74, 6) is -2.53. The van der Waals surface area contributed by atoms with E-state index in [9.17, 15) is 19.5 Å². The summed E-state index contributed by atoms with van der Waals surface area (Å²) >= 11 is 0. The molecule has 0 bridgehead atoms. The highest BCUT2D eigenvalue weighted by atomic mass is 16.5. The Morgan fingerprint density at radius 1 is 0.774 bits per heavy atom. The molecule has 31 heavy (non-hydrogen) atoms. The summed E-state index contributed by atoms with van der Waals surface area (Å²) in [5, 5.41) is 9.60. The SMILES string of the molecule is CCCCCC(CC)OC(=O)c1ccc(C(=O)OC(CC)CCCCC)c(C(=O)O)c1. The van der Waals surface area contributed by atoms with Crippen molar-refractivity contribution in [1.29, 1.82) is 0 Å². The molecule has 2 unspecified atom stereocenters. The molecule has 1 aromatic rings. The van der Waals surface area contributed by atoms with Crippen molar-refractivity contribution in [2.45, 2.75) is 104 Å². The highest BCUT2D eigenvalue weighted by Gasteiger charge is 2.23. The van der Waals surface area contributed by atoms with Crippen LogP contribution in [-0.4, -0.2) is 35.2 Å². The Kier molecular flexibility index (Phi) is 12.6. The van der Waals surface area contributed by atoms with Gasteiger partial charge < -0.3 is 14.6 Å². The van der Waals surface area contributed by atoms with Crippen LogP contribution in [-0.2, 0) is 9.47 Å². The third-order valence-electron chi connectivity index (χ3n) is 5.42. The van der Waals surface area contributed by atoms with Gasteiger partial charge in [0, 0.05) is 0 Å². The van der Waals surface area contributed by atoms with Gasteiger partial charge in [0.1, 0.15) is 12.2 Å². The summed E-state index contributed by atoms with van der Waals surface area (Å²) in [6.07, 6.45) is 8.66. The number of hydrogen-bond donors (Lipinski definition) is 1. The van der Waals surface area contributed by atoms with Crippen molar-refractivity contribution in [2.75, 3.05) is 0 Å². The minimum Gasteiger partial charge on any atom is -0.478 e. The molecular formula is C25H38O6. The first kappa shape index (κ1) is 26.7. The molecule has 0 heterocycles. The summed E-state index contributed by atoms with van der Waals surface area (Å²) in [4.78, 5) is 36.9. The average molecular weight is 435 g/mol. The minimum atomic E-state index is -1.28. The molecule has 0 amide bonds. The first-order valence-electron chi connectivity index (χ1n) is 11.7. The smallest absolute Gasteiger partial charge is 0.339 e. The Hall–Kier alpha value is -2.37. The van der Waals surface area contributed by atoms with Gasteiger partial charge in [0.15, 0.2) is 0 Å². The summed E-state index contributed by atoms with van der Waals surface area (Å²) in [5.41, 5.74) is -0.173. The number of carbonyl (C=O) groups excluding carboxylic acids is 2. The van der Waals surface area contributed by atoms with E-state index in [0.29, 0.717) is 12.8 Å². The maximum atomic E-state index is 12.6. The van der Waals surface area contributed by atoms with Crippen molar-refractivity contribution in [2.24, 2.45) is 0 Å². The van der Waals surface area contributed by atoms with Gasteiger partial charge >= 0.3 is 17.9 Å². The normalized spacial score (nSPS) is 12.8. The lowest BCUT2D eigenvalue weighted by atomic mass is 10.0. The molecule has 0 aliphatic heterocycles. The van der Waals surface area contributed by atoms with Crippen LogP contribution >= 0.6 is 0 Å². The molecule has 1 rings (SSSR count).